The minimum atomic E-state index is -4.63. The SMILES string of the molecule is CC(=O)c1ccc(F)c(-c2cnccc2C(F)(F)F)c1. The van der Waals surface area contributed by atoms with Gasteiger partial charge in [-0.25, -0.2) is 4.39 Å². The number of halogens is 4. The molecule has 0 aliphatic rings. The maximum absolute atomic E-state index is 13.8. The monoisotopic (exact) mass is 283 g/mol. The quantitative estimate of drug-likeness (QED) is 0.613. The van der Waals surface area contributed by atoms with Gasteiger partial charge in [-0.05, 0) is 31.2 Å². The van der Waals surface area contributed by atoms with Gasteiger partial charge in [0.25, 0.3) is 0 Å². The van der Waals surface area contributed by atoms with Gasteiger partial charge in [-0.15, -0.1) is 0 Å². The van der Waals surface area contributed by atoms with Crippen LogP contribution in [0.4, 0.5) is 17.6 Å². The zero-order valence-electron chi connectivity index (χ0n) is 10.3. The molecule has 0 bridgehead atoms. The first-order valence-electron chi connectivity index (χ1n) is 5.63. The number of hydrogen-bond acceptors (Lipinski definition) is 2. The summed E-state index contributed by atoms with van der Waals surface area (Å²) in [5.74, 6) is -1.20. The number of carbonyl (C=O) groups is 1. The zero-order valence-corrected chi connectivity index (χ0v) is 10.3. The molecule has 0 aliphatic heterocycles. The van der Waals surface area contributed by atoms with E-state index in [9.17, 15) is 22.4 Å². The first kappa shape index (κ1) is 14.2. The zero-order chi connectivity index (χ0) is 14.9. The predicted molar refractivity (Wildman–Crippen MR) is 64.6 cm³/mol. The van der Waals surface area contributed by atoms with E-state index >= 15 is 0 Å². The molecule has 0 spiro atoms. The van der Waals surface area contributed by atoms with Crippen molar-refractivity contribution in [3.05, 3.63) is 53.6 Å². The van der Waals surface area contributed by atoms with Gasteiger partial charge in [-0.2, -0.15) is 13.2 Å². The average Bonchev–Trinajstić information content (AvgIpc) is 2.38. The third kappa shape index (κ3) is 2.68. The summed E-state index contributed by atoms with van der Waals surface area (Å²) < 4.78 is 52.5. The van der Waals surface area contributed by atoms with Crippen molar-refractivity contribution in [3.8, 4) is 11.1 Å². The third-order valence-corrected chi connectivity index (χ3v) is 2.79. The topological polar surface area (TPSA) is 30.0 Å². The fourth-order valence-corrected chi connectivity index (χ4v) is 1.81. The summed E-state index contributed by atoms with van der Waals surface area (Å²) >= 11 is 0. The Morgan fingerprint density at radius 3 is 2.45 bits per heavy atom. The van der Waals surface area contributed by atoms with E-state index in [1.807, 2.05) is 0 Å². The number of ketones is 1. The van der Waals surface area contributed by atoms with Gasteiger partial charge in [0.2, 0.25) is 0 Å². The molecule has 0 radical (unpaired) electrons. The first-order chi connectivity index (χ1) is 9.30. The number of nitrogens with zero attached hydrogens (tertiary/aromatic N) is 1. The van der Waals surface area contributed by atoms with Crippen molar-refractivity contribution < 1.29 is 22.4 Å². The van der Waals surface area contributed by atoms with Gasteiger partial charge in [0.15, 0.2) is 5.78 Å². The maximum atomic E-state index is 13.8. The molecule has 1 aromatic carbocycles. The van der Waals surface area contributed by atoms with Crippen LogP contribution in [0.3, 0.4) is 0 Å². The molecule has 0 aliphatic carbocycles. The lowest BCUT2D eigenvalue weighted by Gasteiger charge is -2.13. The Morgan fingerprint density at radius 2 is 1.85 bits per heavy atom. The van der Waals surface area contributed by atoms with Crippen LogP contribution in [0.15, 0.2) is 36.7 Å². The number of hydrogen-bond donors (Lipinski definition) is 0. The Morgan fingerprint density at radius 1 is 1.15 bits per heavy atom. The van der Waals surface area contributed by atoms with Gasteiger partial charge in [-0.1, -0.05) is 0 Å². The van der Waals surface area contributed by atoms with Crippen molar-refractivity contribution in [1.29, 1.82) is 0 Å². The third-order valence-electron chi connectivity index (χ3n) is 2.79. The normalized spacial score (nSPS) is 11.4. The first-order valence-corrected chi connectivity index (χ1v) is 5.63. The van der Waals surface area contributed by atoms with Crippen LogP contribution in [-0.4, -0.2) is 10.8 Å². The fraction of sp³-hybridized carbons (Fsp3) is 0.143. The second-order valence-corrected chi connectivity index (χ2v) is 4.17. The Labute approximate surface area is 112 Å². The molecular weight excluding hydrogens is 274 g/mol. The summed E-state index contributed by atoms with van der Waals surface area (Å²) in [5.41, 5.74) is -1.54. The highest BCUT2D eigenvalue weighted by Crippen LogP contribution is 2.37. The van der Waals surface area contributed by atoms with Crippen LogP contribution in [0.25, 0.3) is 11.1 Å². The largest absolute Gasteiger partial charge is 0.417 e. The average molecular weight is 283 g/mol. The number of Topliss-reactive ketones (excluding diaryl/α,β-unsaturated/α-hetero) is 1. The van der Waals surface area contributed by atoms with E-state index < -0.39 is 17.6 Å². The van der Waals surface area contributed by atoms with Crippen LogP contribution in [0, 0.1) is 5.82 Å². The van der Waals surface area contributed by atoms with Gasteiger partial charge in [0.05, 0.1) is 5.56 Å². The maximum Gasteiger partial charge on any atom is 0.417 e. The molecule has 2 nitrogen and oxygen atoms in total. The minimum absolute atomic E-state index is 0.137. The molecule has 0 saturated carbocycles. The molecule has 0 fully saturated rings. The Bertz CT molecular complexity index is 664. The lowest BCUT2D eigenvalue weighted by Crippen LogP contribution is -2.08. The summed E-state index contributed by atoms with van der Waals surface area (Å²) in [6.07, 6.45) is -2.71. The highest BCUT2D eigenvalue weighted by molar-refractivity contribution is 5.95. The van der Waals surface area contributed by atoms with Crippen LogP contribution in [0.1, 0.15) is 22.8 Å². The van der Waals surface area contributed by atoms with Crippen LogP contribution >= 0.6 is 0 Å². The van der Waals surface area contributed by atoms with E-state index in [2.05, 4.69) is 4.98 Å². The smallest absolute Gasteiger partial charge is 0.295 e. The highest BCUT2D eigenvalue weighted by atomic mass is 19.4. The van der Waals surface area contributed by atoms with E-state index in [1.54, 1.807) is 0 Å². The van der Waals surface area contributed by atoms with Gasteiger partial charge < -0.3 is 0 Å². The molecule has 104 valence electrons. The molecule has 2 aromatic rings. The number of carbonyl (C=O) groups excluding carboxylic acids is 1. The molecule has 0 atom stereocenters. The predicted octanol–water partition coefficient (Wildman–Crippen LogP) is 4.11. The summed E-state index contributed by atoms with van der Waals surface area (Å²) in [5, 5.41) is 0. The minimum Gasteiger partial charge on any atom is -0.295 e. The summed E-state index contributed by atoms with van der Waals surface area (Å²) in [6, 6.07) is 4.07. The van der Waals surface area contributed by atoms with Crippen molar-refractivity contribution in [2.75, 3.05) is 0 Å². The number of pyridine rings is 1. The Balaban J connectivity index is 2.69. The molecule has 2 rings (SSSR count). The number of aromatic nitrogens is 1. The van der Waals surface area contributed by atoms with Gasteiger partial charge in [0.1, 0.15) is 5.82 Å². The molecule has 0 unspecified atom stereocenters. The van der Waals surface area contributed by atoms with Crippen LogP contribution in [0.2, 0.25) is 0 Å². The summed E-state index contributed by atoms with van der Waals surface area (Å²) in [7, 11) is 0. The Hall–Kier alpha value is -2.24. The Kier molecular flexibility index (Phi) is 3.57. The summed E-state index contributed by atoms with van der Waals surface area (Å²) in [6.45, 7) is 1.25. The van der Waals surface area contributed by atoms with Crippen LogP contribution < -0.4 is 0 Å². The van der Waals surface area contributed by atoms with Crippen molar-refractivity contribution in [2.45, 2.75) is 13.1 Å². The van der Waals surface area contributed by atoms with Crippen molar-refractivity contribution >= 4 is 5.78 Å². The van der Waals surface area contributed by atoms with Crippen molar-refractivity contribution in [3.63, 3.8) is 0 Å². The summed E-state index contributed by atoms with van der Waals surface area (Å²) in [4.78, 5) is 14.9. The molecule has 20 heavy (non-hydrogen) atoms. The lowest BCUT2D eigenvalue weighted by atomic mass is 9.98. The number of benzene rings is 1. The number of rotatable bonds is 2. The molecule has 1 heterocycles. The lowest BCUT2D eigenvalue weighted by molar-refractivity contribution is -0.137. The second-order valence-electron chi connectivity index (χ2n) is 4.17. The van der Waals surface area contributed by atoms with E-state index in [0.717, 1.165) is 30.6 Å². The van der Waals surface area contributed by atoms with Crippen molar-refractivity contribution in [1.82, 2.24) is 4.98 Å². The molecule has 0 N–H and O–H groups in total. The van der Waals surface area contributed by atoms with E-state index in [-0.39, 0.29) is 22.5 Å². The van der Waals surface area contributed by atoms with E-state index in [4.69, 9.17) is 0 Å². The molecule has 0 amide bonds. The van der Waals surface area contributed by atoms with Gasteiger partial charge in [0, 0.05) is 29.1 Å². The van der Waals surface area contributed by atoms with Crippen LogP contribution in [-0.2, 0) is 6.18 Å². The fourth-order valence-electron chi connectivity index (χ4n) is 1.81. The van der Waals surface area contributed by atoms with Gasteiger partial charge >= 0.3 is 6.18 Å². The second kappa shape index (κ2) is 5.03. The molecular formula is C14H9F4NO. The van der Waals surface area contributed by atoms with E-state index in [0.29, 0.717) is 0 Å². The van der Waals surface area contributed by atoms with E-state index in [1.165, 1.54) is 13.0 Å². The highest BCUT2D eigenvalue weighted by Gasteiger charge is 2.34. The molecule has 0 saturated heterocycles. The van der Waals surface area contributed by atoms with Crippen molar-refractivity contribution in [2.24, 2.45) is 0 Å². The number of alkyl halides is 3. The molecule has 1 aromatic heterocycles. The standard InChI is InChI=1S/C14H9F4NO/c1-8(20)9-2-3-13(15)10(6-9)11-7-19-5-4-12(11)14(16,17)18/h2-7H,1H3. The molecule has 6 heteroatoms. The van der Waals surface area contributed by atoms with Gasteiger partial charge in [-0.3, -0.25) is 9.78 Å². The van der Waals surface area contributed by atoms with Crippen LogP contribution in [0.5, 0.6) is 0 Å².